The smallest absolute Gasteiger partial charge is 0.244 e. The predicted octanol–water partition coefficient (Wildman–Crippen LogP) is 1.53. The van der Waals surface area contributed by atoms with Crippen molar-refractivity contribution in [1.82, 2.24) is 9.97 Å². The minimum absolute atomic E-state index is 0.158. The van der Waals surface area contributed by atoms with Crippen LogP contribution in [0.3, 0.4) is 0 Å². The Balaban J connectivity index is 1.83. The Labute approximate surface area is 98.9 Å². The Bertz CT molecular complexity index is 472. The molecule has 86 valence electrons. The number of carbonyl (C=O) groups is 1. The van der Waals surface area contributed by atoms with Gasteiger partial charge in [-0.1, -0.05) is 12.1 Å². The van der Waals surface area contributed by atoms with Crippen molar-refractivity contribution < 1.29 is 4.79 Å². The van der Waals surface area contributed by atoms with Gasteiger partial charge in [0, 0.05) is 12.4 Å². The molecule has 2 aromatic heterocycles. The molecule has 2 rings (SSSR count). The molecule has 0 aliphatic heterocycles. The summed E-state index contributed by atoms with van der Waals surface area (Å²) >= 11 is 0. The van der Waals surface area contributed by atoms with E-state index in [1.54, 1.807) is 30.6 Å². The molecule has 0 aliphatic carbocycles. The fourth-order valence-electron chi connectivity index (χ4n) is 1.26. The zero-order valence-electron chi connectivity index (χ0n) is 9.13. The van der Waals surface area contributed by atoms with Crippen LogP contribution >= 0.6 is 0 Å². The Morgan fingerprint density at radius 2 is 1.65 bits per heavy atom. The molecule has 2 aromatic rings. The minimum Gasteiger partial charge on any atom is -0.361 e. The third-order valence-corrected chi connectivity index (χ3v) is 2.03. The van der Waals surface area contributed by atoms with Crippen LogP contribution in [0.25, 0.3) is 0 Å². The molecule has 0 saturated carbocycles. The molecule has 2 N–H and O–H groups in total. The van der Waals surface area contributed by atoms with E-state index in [1.807, 2.05) is 18.2 Å². The molecule has 0 bridgehead atoms. The first kappa shape index (κ1) is 11.1. The summed E-state index contributed by atoms with van der Waals surface area (Å²) in [7, 11) is 0. The van der Waals surface area contributed by atoms with E-state index in [2.05, 4.69) is 20.6 Å². The summed E-state index contributed by atoms with van der Waals surface area (Å²) in [5.41, 5.74) is 0. The Kier molecular flexibility index (Phi) is 3.64. The predicted molar refractivity (Wildman–Crippen MR) is 65.6 cm³/mol. The summed E-state index contributed by atoms with van der Waals surface area (Å²) < 4.78 is 0. The highest BCUT2D eigenvalue weighted by molar-refractivity contribution is 5.92. The maximum Gasteiger partial charge on any atom is 0.244 e. The molecule has 0 radical (unpaired) electrons. The van der Waals surface area contributed by atoms with Gasteiger partial charge in [0.05, 0.1) is 6.54 Å². The maximum atomic E-state index is 11.5. The van der Waals surface area contributed by atoms with E-state index in [4.69, 9.17) is 0 Å². The lowest BCUT2D eigenvalue weighted by Crippen LogP contribution is -2.22. The molecule has 0 aliphatic rings. The van der Waals surface area contributed by atoms with Gasteiger partial charge in [0.2, 0.25) is 5.91 Å². The van der Waals surface area contributed by atoms with Gasteiger partial charge in [-0.2, -0.15) is 0 Å². The lowest BCUT2D eigenvalue weighted by molar-refractivity contribution is -0.114. The maximum absolute atomic E-state index is 11.5. The zero-order chi connectivity index (χ0) is 11.9. The van der Waals surface area contributed by atoms with Crippen LogP contribution in [-0.2, 0) is 4.79 Å². The van der Waals surface area contributed by atoms with E-state index >= 15 is 0 Å². The molecule has 5 heteroatoms. The molecule has 0 unspecified atom stereocenters. The van der Waals surface area contributed by atoms with Crippen molar-refractivity contribution in [1.29, 1.82) is 0 Å². The van der Waals surface area contributed by atoms with Crippen molar-refractivity contribution in [2.75, 3.05) is 17.2 Å². The highest BCUT2D eigenvalue weighted by Gasteiger charge is 2.02. The second-order valence-corrected chi connectivity index (χ2v) is 3.33. The number of nitrogens with zero attached hydrogens (tertiary/aromatic N) is 2. The Morgan fingerprint density at radius 3 is 2.24 bits per heavy atom. The number of anilines is 2. The molecule has 0 fully saturated rings. The average molecular weight is 228 g/mol. The third-order valence-electron chi connectivity index (χ3n) is 2.03. The normalized spacial score (nSPS) is 9.65. The highest BCUT2D eigenvalue weighted by atomic mass is 16.1. The summed E-state index contributed by atoms with van der Waals surface area (Å²) in [4.78, 5) is 19.6. The van der Waals surface area contributed by atoms with Crippen molar-refractivity contribution in [2.24, 2.45) is 0 Å². The van der Waals surface area contributed by atoms with Gasteiger partial charge in [0.15, 0.2) is 0 Å². The molecule has 0 aromatic carbocycles. The number of aromatic nitrogens is 2. The quantitative estimate of drug-likeness (QED) is 0.832. The van der Waals surface area contributed by atoms with Gasteiger partial charge < -0.3 is 10.6 Å². The van der Waals surface area contributed by atoms with E-state index < -0.39 is 0 Å². The monoisotopic (exact) mass is 228 g/mol. The summed E-state index contributed by atoms with van der Waals surface area (Å²) in [5.74, 6) is 1.05. The number of hydrogen-bond acceptors (Lipinski definition) is 4. The van der Waals surface area contributed by atoms with Crippen molar-refractivity contribution in [3.63, 3.8) is 0 Å². The van der Waals surface area contributed by atoms with Gasteiger partial charge in [-0.25, -0.2) is 9.97 Å². The summed E-state index contributed by atoms with van der Waals surface area (Å²) in [6.45, 7) is 0.160. The summed E-state index contributed by atoms with van der Waals surface area (Å²) in [6.07, 6.45) is 3.29. The van der Waals surface area contributed by atoms with Gasteiger partial charge in [0.1, 0.15) is 11.6 Å². The van der Waals surface area contributed by atoms with Crippen LogP contribution in [0.2, 0.25) is 0 Å². The molecular formula is C12H12N4O. The van der Waals surface area contributed by atoms with Crippen LogP contribution in [0, 0.1) is 0 Å². The van der Waals surface area contributed by atoms with Crippen molar-refractivity contribution in [3.05, 3.63) is 48.8 Å². The second kappa shape index (κ2) is 5.60. The standard InChI is InChI=1S/C12H12N4O/c17-12(16-11-6-2-4-8-14-11)9-15-10-5-1-3-7-13-10/h1-8H,9H2,(H,13,15)(H,14,16,17). The average Bonchev–Trinajstić information content (AvgIpc) is 2.39. The first-order valence-corrected chi connectivity index (χ1v) is 5.20. The first-order chi connectivity index (χ1) is 8.34. The number of amides is 1. The molecule has 2 heterocycles. The van der Waals surface area contributed by atoms with Crippen LogP contribution in [0.15, 0.2) is 48.8 Å². The molecular weight excluding hydrogens is 216 g/mol. The van der Waals surface area contributed by atoms with Crippen molar-refractivity contribution >= 4 is 17.5 Å². The van der Waals surface area contributed by atoms with Crippen LogP contribution in [-0.4, -0.2) is 22.4 Å². The summed E-state index contributed by atoms with van der Waals surface area (Å²) in [6, 6.07) is 10.8. The molecule has 17 heavy (non-hydrogen) atoms. The number of hydrogen-bond donors (Lipinski definition) is 2. The minimum atomic E-state index is -0.158. The van der Waals surface area contributed by atoms with Crippen molar-refractivity contribution in [2.45, 2.75) is 0 Å². The van der Waals surface area contributed by atoms with Crippen LogP contribution < -0.4 is 10.6 Å². The third kappa shape index (κ3) is 3.57. The van der Waals surface area contributed by atoms with E-state index in [1.165, 1.54) is 0 Å². The molecule has 0 atom stereocenters. The molecule has 0 saturated heterocycles. The van der Waals surface area contributed by atoms with Gasteiger partial charge in [0.25, 0.3) is 0 Å². The van der Waals surface area contributed by atoms with Crippen LogP contribution in [0.1, 0.15) is 0 Å². The van der Waals surface area contributed by atoms with Gasteiger partial charge in [-0.3, -0.25) is 4.79 Å². The van der Waals surface area contributed by atoms with E-state index in [-0.39, 0.29) is 12.5 Å². The van der Waals surface area contributed by atoms with E-state index in [0.717, 1.165) is 0 Å². The van der Waals surface area contributed by atoms with E-state index in [9.17, 15) is 4.79 Å². The van der Waals surface area contributed by atoms with Crippen LogP contribution in [0.5, 0.6) is 0 Å². The Morgan fingerprint density at radius 1 is 1.00 bits per heavy atom. The van der Waals surface area contributed by atoms with Gasteiger partial charge >= 0.3 is 0 Å². The summed E-state index contributed by atoms with van der Waals surface area (Å²) in [5, 5.41) is 5.59. The fraction of sp³-hybridized carbons (Fsp3) is 0.0833. The molecule has 0 spiro atoms. The second-order valence-electron chi connectivity index (χ2n) is 3.33. The van der Waals surface area contributed by atoms with Gasteiger partial charge in [-0.05, 0) is 24.3 Å². The van der Waals surface area contributed by atoms with E-state index in [0.29, 0.717) is 11.6 Å². The Hall–Kier alpha value is -2.43. The molecule has 5 nitrogen and oxygen atoms in total. The number of pyridine rings is 2. The number of nitrogens with one attached hydrogen (secondary N) is 2. The lowest BCUT2D eigenvalue weighted by Gasteiger charge is -2.05. The fourth-order valence-corrected chi connectivity index (χ4v) is 1.26. The number of rotatable bonds is 4. The zero-order valence-corrected chi connectivity index (χ0v) is 9.13. The lowest BCUT2D eigenvalue weighted by atomic mass is 10.4. The first-order valence-electron chi connectivity index (χ1n) is 5.20. The van der Waals surface area contributed by atoms with Gasteiger partial charge in [-0.15, -0.1) is 0 Å². The van der Waals surface area contributed by atoms with Crippen LogP contribution in [0.4, 0.5) is 11.6 Å². The number of carbonyl (C=O) groups excluding carboxylic acids is 1. The highest BCUT2D eigenvalue weighted by Crippen LogP contribution is 2.01. The molecule has 1 amide bonds. The van der Waals surface area contributed by atoms with Crippen molar-refractivity contribution in [3.8, 4) is 0 Å². The SMILES string of the molecule is O=C(CNc1ccccn1)Nc1ccccn1. The largest absolute Gasteiger partial charge is 0.361 e. The topological polar surface area (TPSA) is 66.9 Å².